The Morgan fingerprint density at radius 3 is 1.83 bits per heavy atom. The van der Waals surface area contributed by atoms with Gasteiger partial charge in [-0.25, -0.2) is 0 Å². The highest BCUT2D eigenvalue weighted by atomic mass is 15.2. The second-order valence-electron chi connectivity index (χ2n) is 16.2. The van der Waals surface area contributed by atoms with Gasteiger partial charge in [-0.2, -0.15) is 10.5 Å². The van der Waals surface area contributed by atoms with Gasteiger partial charge in [0.2, 0.25) is 0 Å². The quantitative estimate of drug-likeness (QED) is 0.113. The van der Waals surface area contributed by atoms with Crippen molar-refractivity contribution in [3.05, 3.63) is 258 Å². The third-order valence-corrected chi connectivity index (χ3v) is 13.0. The van der Waals surface area contributed by atoms with Crippen LogP contribution in [0.1, 0.15) is 34.7 Å². The van der Waals surface area contributed by atoms with Gasteiger partial charge in [-0.15, -0.1) is 0 Å². The summed E-state index contributed by atoms with van der Waals surface area (Å²) in [7, 11) is 0. The molecule has 0 N–H and O–H groups in total. The van der Waals surface area contributed by atoms with Crippen LogP contribution in [0, 0.1) is 22.7 Å². The molecule has 4 heteroatoms. The van der Waals surface area contributed by atoms with Crippen molar-refractivity contribution in [1.29, 1.82) is 10.5 Å². The van der Waals surface area contributed by atoms with Gasteiger partial charge in [0.15, 0.2) is 0 Å². The first-order valence-corrected chi connectivity index (χ1v) is 21.5. The molecule has 1 spiro atoms. The van der Waals surface area contributed by atoms with E-state index in [9.17, 15) is 10.5 Å². The molecule has 11 rings (SSSR count). The summed E-state index contributed by atoms with van der Waals surface area (Å²) < 4.78 is 0. The number of nitrogens with zero attached hydrogens (tertiary/aromatic N) is 4. The zero-order valence-electron chi connectivity index (χ0n) is 35.2. The average Bonchev–Trinajstić information content (AvgIpc) is 3.81. The van der Waals surface area contributed by atoms with Gasteiger partial charge in [0.1, 0.15) is 12.1 Å². The van der Waals surface area contributed by atoms with Crippen molar-refractivity contribution in [2.24, 2.45) is 0 Å². The summed E-state index contributed by atoms with van der Waals surface area (Å²) >= 11 is 0. The lowest BCUT2D eigenvalue weighted by atomic mass is 9.70. The molecule has 0 radical (unpaired) electrons. The molecule has 4 nitrogen and oxygen atoms in total. The van der Waals surface area contributed by atoms with Gasteiger partial charge >= 0.3 is 0 Å². The second-order valence-corrected chi connectivity index (χ2v) is 16.2. The Morgan fingerprint density at radius 1 is 0.531 bits per heavy atom. The number of fused-ring (bicyclic) bond motifs is 13. The molecule has 2 aliphatic carbocycles. The van der Waals surface area contributed by atoms with E-state index in [1.165, 1.54) is 44.5 Å². The van der Waals surface area contributed by atoms with Gasteiger partial charge in [-0.3, -0.25) is 0 Å². The molecule has 0 aromatic heterocycles. The number of para-hydroxylation sites is 3. The van der Waals surface area contributed by atoms with Crippen LogP contribution in [-0.4, -0.2) is 0 Å². The molecule has 0 saturated carbocycles. The van der Waals surface area contributed by atoms with Gasteiger partial charge in [0.05, 0.1) is 33.6 Å². The van der Waals surface area contributed by atoms with Crippen LogP contribution < -0.4 is 9.80 Å². The van der Waals surface area contributed by atoms with Crippen molar-refractivity contribution in [2.75, 3.05) is 9.80 Å². The third kappa shape index (κ3) is 5.60. The number of hydrogen-bond donors (Lipinski definition) is 0. The minimum absolute atomic E-state index is 0.552. The Morgan fingerprint density at radius 2 is 1.16 bits per heavy atom. The van der Waals surface area contributed by atoms with Crippen LogP contribution in [0.15, 0.2) is 230 Å². The number of anilines is 5. The van der Waals surface area contributed by atoms with E-state index in [0.717, 1.165) is 55.7 Å². The van der Waals surface area contributed by atoms with E-state index in [-0.39, 0.29) is 0 Å². The highest BCUT2D eigenvalue weighted by Crippen LogP contribution is 2.65. The Balaban J connectivity index is 1.25. The maximum absolute atomic E-state index is 10.6. The van der Waals surface area contributed by atoms with E-state index in [1.807, 2.05) is 67.6 Å². The minimum Gasteiger partial charge on any atom is -0.309 e. The first-order chi connectivity index (χ1) is 31.6. The summed E-state index contributed by atoms with van der Waals surface area (Å²) in [4.78, 5) is 4.41. The summed E-state index contributed by atoms with van der Waals surface area (Å²) in [5, 5.41) is 25.3. The van der Waals surface area contributed by atoms with Crippen LogP contribution in [0.3, 0.4) is 0 Å². The largest absolute Gasteiger partial charge is 0.309 e. The van der Waals surface area contributed by atoms with Crippen LogP contribution in [0.5, 0.6) is 0 Å². The molecule has 0 aliphatic heterocycles. The molecule has 0 unspecified atom stereocenters. The lowest BCUT2D eigenvalue weighted by molar-refractivity contribution is 0.795. The van der Waals surface area contributed by atoms with E-state index < -0.39 is 5.41 Å². The van der Waals surface area contributed by atoms with E-state index in [0.29, 0.717) is 11.1 Å². The van der Waals surface area contributed by atoms with E-state index in [2.05, 4.69) is 174 Å². The van der Waals surface area contributed by atoms with Crippen molar-refractivity contribution >= 4 is 50.0 Å². The molecule has 64 heavy (non-hydrogen) atoms. The molecule has 0 bridgehead atoms. The van der Waals surface area contributed by atoms with Crippen LogP contribution in [0.4, 0.5) is 28.4 Å². The molecule has 9 aromatic carbocycles. The fourth-order valence-electron chi connectivity index (χ4n) is 10.4. The highest BCUT2D eigenvalue weighted by Gasteiger charge is 2.52. The van der Waals surface area contributed by atoms with Crippen molar-refractivity contribution < 1.29 is 0 Å². The molecule has 0 fully saturated rings. The molecule has 0 atom stereocenters. The van der Waals surface area contributed by atoms with E-state index >= 15 is 0 Å². The maximum Gasteiger partial charge on any atom is 0.101 e. The lowest BCUT2D eigenvalue weighted by Gasteiger charge is -2.33. The average molecular weight is 817 g/mol. The Labute approximate surface area is 373 Å². The molecule has 300 valence electrons. The predicted octanol–water partition coefficient (Wildman–Crippen LogP) is 15.4. The zero-order valence-corrected chi connectivity index (χ0v) is 35.2. The molecular weight excluding hydrogens is 777 g/mol. The van der Waals surface area contributed by atoms with E-state index in [1.54, 1.807) is 6.08 Å². The predicted molar refractivity (Wildman–Crippen MR) is 263 cm³/mol. The molecular formula is C60H40N4. The first kappa shape index (κ1) is 38.2. The van der Waals surface area contributed by atoms with Gasteiger partial charge in [0, 0.05) is 22.4 Å². The summed E-state index contributed by atoms with van der Waals surface area (Å²) in [5.41, 5.74) is 15.6. The standard InChI is InChI=1S/C60H40N4/c1-3-19-56(40(4-2)38-61)63(44-21-7-5-8-22-44)46-33-32-41-35-51-54(36-43(41)34-46)60(52-29-16-14-25-47(52)48-26-15-17-30-53(48)60)55-37-58(49-27-12-13-28-50(49)59(51)55)64(45-23-9-6-10-24-45)57-31-18-11-20-42(57)39-62/h3-37H,1H2,2H3/b40-4-,56-19+. The normalized spacial score (nSPS) is 13.1. The number of allylic oxidation sites excluding steroid dienone is 4. The van der Waals surface area contributed by atoms with Crippen LogP contribution in [0.25, 0.3) is 43.8 Å². The van der Waals surface area contributed by atoms with Crippen LogP contribution >= 0.6 is 0 Å². The maximum atomic E-state index is 10.6. The smallest absolute Gasteiger partial charge is 0.101 e. The fraction of sp³-hybridized carbons (Fsp3) is 0.0333. The topological polar surface area (TPSA) is 54.1 Å². The molecule has 9 aromatic rings. The van der Waals surface area contributed by atoms with Crippen molar-refractivity contribution in [3.63, 3.8) is 0 Å². The number of benzene rings is 9. The zero-order chi connectivity index (χ0) is 43.4. The molecule has 0 amide bonds. The molecule has 0 saturated heterocycles. The number of rotatable bonds is 8. The monoisotopic (exact) mass is 816 g/mol. The first-order valence-electron chi connectivity index (χ1n) is 21.5. The van der Waals surface area contributed by atoms with Crippen LogP contribution in [0.2, 0.25) is 0 Å². The summed E-state index contributed by atoms with van der Waals surface area (Å²) in [6, 6.07) is 73.8. The SMILES string of the molecule is C=C/C=C(\C(C#N)=C/C)N(c1ccccc1)c1ccc2cc3c(cc2c1)C1(c2ccccc2-c2ccccc21)c1cc(N(c2ccccc2)c2ccccc2C#N)c2ccccc2c1-3. The van der Waals surface area contributed by atoms with Gasteiger partial charge in [-0.1, -0.05) is 146 Å². The molecule has 2 aliphatic rings. The summed E-state index contributed by atoms with van der Waals surface area (Å²) in [6.45, 7) is 5.93. The van der Waals surface area contributed by atoms with Crippen molar-refractivity contribution in [3.8, 4) is 34.4 Å². The van der Waals surface area contributed by atoms with Crippen molar-refractivity contribution in [1.82, 2.24) is 0 Å². The van der Waals surface area contributed by atoms with Crippen molar-refractivity contribution in [2.45, 2.75) is 12.3 Å². The van der Waals surface area contributed by atoms with E-state index in [4.69, 9.17) is 0 Å². The van der Waals surface area contributed by atoms with Gasteiger partial charge in [0.25, 0.3) is 0 Å². The Hall–Kier alpha value is -8.70. The fourth-order valence-corrected chi connectivity index (χ4v) is 10.4. The van der Waals surface area contributed by atoms with Gasteiger partial charge < -0.3 is 9.80 Å². The second kappa shape index (κ2) is 15.3. The molecule has 0 heterocycles. The minimum atomic E-state index is -0.677. The summed E-state index contributed by atoms with van der Waals surface area (Å²) in [6.07, 6.45) is 5.50. The number of nitriles is 2. The number of hydrogen-bond acceptors (Lipinski definition) is 4. The van der Waals surface area contributed by atoms with Gasteiger partial charge in [-0.05, 0) is 140 Å². The highest BCUT2D eigenvalue weighted by molar-refractivity contribution is 6.13. The Kier molecular flexibility index (Phi) is 9.16. The van der Waals surface area contributed by atoms with Crippen LogP contribution in [-0.2, 0) is 5.41 Å². The Bertz CT molecular complexity index is 3460. The summed E-state index contributed by atoms with van der Waals surface area (Å²) in [5.74, 6) is 0. The lowest BCUT2D eigenvalue weighted by Crippen LogP contribution is -2.26. The third-order valence-electron chi connectivity index (χ3n) is 13.0.